The van der Waals surface area contributed by atoms with Crippen LogP contribution in [0.2, 0.25) is 0 Å². The van der Waals surface area contributed by atoms with Crippen LogP contribution < -0.4 is 5.32 Å². The fraction of sp³-hybridized carbons (Fsp3) is 0.0714. The number of H-pyrrole nitrogens is 1. The maximum absolute atomic E-state index is 10.6. The minimum absolute atomic E-state index is 0.168. The van der Waals surface area contributed by atoms with E-state index in [2.05, 4.69) is 15.5 Å². The molecule has 21 heavy (non-hydrogen) atoms. The van der Waals surface area contributed by atoms with Gasteiger partial charge in [-0.25, -0.2) is 0 Å². The van der Waals surface area contributed by atoms with Gasteiger partial charge in [0.05, 0.1) is 10.6 Å². The third kappa shape index (κ3) is 3.09. The molecule has 0 aliphatic rings. The van der Waals surface area contributed by atoms with E-state index in [1.807, 2.05) is 30.3 Å². The maximum atomic E-state index is 10.6. The largest absolute Gasteiger partial charge is 0.381 e. The summed E-state index contributed by atoms with van der Waals surface area (Å²) in [5.41, 5.74) is 3.90. The predicted molar refractivity (Wildman–Crippen MR) is 82.3 cm³/mol. The minimum Gasteiger partial charge on any atom is -0.381 e. The summed E-state index contributed by atoms with van der Waals surface area (Å²) in [7, 11) is 0. The minimum atomic E-state index is -0.368. The first-order chi connectivity index (χ1) is 10.2. The van der Waals surface area contributed by atoms with E-state index < -0.39 is 0 Å². The van der Waals surface area contributed by atoms with Crippen LogP contribution in [0.4, 0.5) is 10.7 Å². The van der Waals surface area contributed by atoms with Crippen LogP contribution in [0.5, 0.6) is 0 Å². The summed E-state index contributed by atoms with van der Waals surface area (Å²) in [6.45, 7) is 0.563. The molecule has 0 amide bonds. The van der Waals surface area contributed by atoms with Crippen LogP contribution >= 0.6 is 11.3 Å². The highest BCUT2D eigenvalue weighted by Gasteiger charge is 2.09. The number of hydrogen-bond donors (Lipinski definition) is 2. The van der Waals surface area contributed by atoms with E-state index in [9.17, 15) is 10.1 Å². The molecule has 3 aromatic rings. The zero-order valence-electron chi connectivity index (χ0n) is 10.9. The molecule has 7 heteroatoms. The number of nitrogens with zero attached hydrogens (tertiary/aromatic N) is 2. The van der Waals surface area contributed by atoms with E-state index in [4.69, 9.17) is 0 Å². The van der Waals surface area contributed by atoms with Gasteiger partial charge in [0.25, 0.3) is 0 Å². The van der Waals surface area contributed by atoms with Gasteiger partial charge in [-0.1, -0.05) is 23.5 Å². The van der Waals surface area contributed by atoms with E-state index in [1.54, 1.807) is 17.6 Å². The van der Waals surface area contributed by atoms with Gasteiger partial charge in [0.2, 0.25) is 0 Å². The smallest absolute Gasteiger partial charge is 0.324 e. The Kier molecular flexibility index (Phi) is 3.65. The Morgan fingerprint density at radius 3 is 2.71 bits per heavy atom. The molecule has 0 radical (unpaired) electrons. The summed E-state index contributed by atoms with van der Waals surface area (Å²) in [5, 5.41) is 22.7. The van der Waals surface area contributed by atoms with Gasteiger partial charge in [-0.15, -0.1) is 0 Å². The van der Waals surface area contributed by atoms with Crippen molar-refractivity contribution in [3.8, 4) is 11.3 Å². The second-order valence-corrected chi connectivity index (χ2v) is 5.34. The first kappa shape index (κ1) is 13.3. The summed E-state index contributed by atoms with van der Waals surface area (Å²) >= 11 is 1.14. The molecule has 2 N–H and O–H groups in total. The number of aromatic nitrogens is 2. The molecule has 0 aliphatic heterocycles. The lowest BCUT2D eigenvalue weighted by molar-refractivity contribution is -0.380. The second kappa shape index (κ2) is 5.76. The van der Waals surface area contributed by atoms with Crippen molar-refractivity contribution in [3.63, 3.8) is 0 Å². The van der Waals surface area contributed by atoms with Crippen LogP contribution in [0.25, 0.3) is 11.3 Å². The number of nitro groups is 1. The Labute approximate surface area is 124 Å². The molecule has 0 saturated heterocycles. The molecular weight excluding hydrogens is 288 g/mol. The third-order valence-electron chi connectivity index (χ3n) is 3.01. The van der Waals surface area contributed by atoms with Gasteiger partial charge in [0, 0.05) is 29.9 Å². The van der Waals surface area contributed by atoms with Gasteiger partial charge in [-0.05, 0) is 29.3 Å². The standard InChI is InChI=1S/C14H12N4O2S/c19-18(20)14-7-10(9-21-14)8-15-12-3-1-11(2-4-12)13-5-6-16-17-13/h1-7,9,15H,8H2,(H,16,17). The third-order valence-corrected chi connectivity index (χ3v) is 3.94. The number of anilines is 1. The molecule has 0 fully saturated rings. The first-order valence-electron chi connectivity index (χ1n) is 6.28. The van der Waals surface area contributed by atoms with Crippen molar-refractivity contribution in [2.75, 3.05) is 5.32 Å². The van der Waals surface area contributed by atoms with Crippen molar-refractivity contribution < 1.29 is 4.92 Å². The van der Waals surface area contributed by atoms with Crippen molar-refractivity contribution in [1.29, 1.82) is 0 Å². The van der Waals surface area contributed by atoms with Crippen LogP contribution in [-0.4, -0.2) is 15.1 Å². The molecular formula is C14H12N4O2S. The Morgan fingerprint density at radius 2 is 2.10 bits per heavy atom. The summed E-state index contributed by atoms with van der Waals surface area (Å²) < 4.78 is 0. The van der Waals surface area contributed by atoms with E-state index in [-0.39, 0.29) is 9.92 Å². The Morgan fingerprint density at radius 1 is 1.29 bits per heavy atom. The highest BCUT2D eigenvalue weighted by Crippen LogP contribution is 2.24. The fourth-order valence-electron chi connectivity index (χ4n) is 1.94. The van der Waals surface area contributed by atoms with Crippen LogP contribution in [0.1, 0.15) is 5.56 Å². The Hall–Kier alpha value is -2.67. The Bertz CT molecular complexity index is 735. The highest BCUT2D eigenvalue weighted by molar-refractivity contribution is 7.13. The van der Waals surface area contributed by atoms with Crippen LogP contribution in [0, 0.1) is 10.1 Å². The SMILES string of the molecule is O=[N+]([O-])c1cc(CNc2ccc(-c3ccn[nH]3)cc2)cs1. The average molecular weight is 300 g/mol. The molecule has 6 nitrogen and oxygen atoms in total. The number of thiophene rings is 1. The predicted octanol–water partition coefficient (Wildman–Crippen LogP) is 3.66. The van der Waals surface area contributed by atoms with Crippen LogP contribution in [0.3, 0.4) is 0 Å². The molecule has 2 heterocycles. The maximum Gasteiger partial charge on any atom is 0.324 e. The quantitative estimate of drug-likeness (QED) is 0.556. The fourth-order valence-corrected chi connectivity index (χ4v) is 2.67. The monoisotopic (exact) mass is 300 g/mol. The lowest BCUT2D eigenvalue weighted by Crippen LogP contribution is -1.97. The second-order valence-electron chi connectivity index (χ2n) is 4.45. The average Bonchev–Trinajstić information content (AvgIpc) is 3.17. The van der Waals surface area contributed by atoms with Crippen molar-refractivity contribution in [2.45, 2.75) is 6.54 Å². The summed E-state index contributed by atoms with van der Waals surface area (Å²) in [4.78, 5) is 10.3. The highest BCUT2D eigenvalue weighted by atomic mass is 32.1. The number of hydrogen-bond acceptors (Lipinski definition) is 5. The van der Waals surface area contributed by atoms with Crippen molar-refractivity contribution >= 4 is 22.0 Å². The molecule has 2 aromatic heterocycles. The molecule has 3 rings (SSSR count). The van der Waals surface area contributed by atoms with Crippen LogP contribution in [0.15, 0.2) is 48.0 Å². The van der Waals surface area contributed by atoms with Gasteiger partial charge in [0.15, 0.2) is 0 Å². The number of rotatable bonds is 5. The zero-order chi connectivity index (χ0) is 14.7. The van der Waals surface area contributed by atoms with E-state index in [0.717, 1.165) is 33.8 Å². The van der Waals surface area contributed by atoms with Crippen molar-refractivity contribution in [1.82, 2.24) is 10.2 Å². The molecule has 0 bridgehead atoms. The Balaban J connectivity index is 1.64. The lowest BCUT2D eigenvalue weighted by atomic mass is 10.1. The summed E-state index contributed by atoms with van der Waals surface area (Å²) in [6, 6.07) is 11.4. The van der Waals surface area contributed by atoms with Gasteiger partial charge >= 0.3 is 5.00 Å². The lowest BCUT2D eigenvalue weighted by Gasteiger charge is -2.05. The first-order valence-corrected chi connectivity index (χ1v) is 7.16. The number of benzene rings is 1. The zero-order valence-corrected chi connectivity index (χ0v) is 11.8. The number of nitrogens with one attached hydrogen (secondary N) is 2. The molecule has 0 spiro atoms. The van der Waals surface area contributed by atoms with E-state index >= 15 is 0 Å². The molecule has 0 aliphatic carbocycles. The molecule has 106 valence electrons. The van der Waals surface area contributed by atoms with Gasteiger partial charge in [0.1, 0.15) is 0 Å². The topological polar surface area (TPSA) is 83.8 Å². The molecule has 0 unspecified atom stereocenters. The molecule has 0 atom stereocenters. The van der Waals surface area contributed by atoms with E-state index in [1.165, 1.54) is 0 Å². The van der Waals surface area contributed by atoms with Gasteiger partial charge in [-0.3, -0.25) is 15.2 Å². The normalized spacial score (nSPS) is 10.5. The van der Waals surface area contributed by atoms with Crippen molar-refractivity contribution in [3.05, 3.63) is 63.7 Å². The van der Waals surface area contributed by atoms with Crippen LogP contribution in [-0.2, 0) is 6.54 Å². The van der Waals surface area contributed by atoms with Gasteiger partial charge in [-0.2, -0.15) is 5.10 Å². The number of aromatic amines is 1. The van der Waals surface area contributed by atoms with Gasteiger partial charge < -0.3 is 5.32 Å². The summed E-state index contributed by atoms with van der Waals surface area (Å²) in [5.74, 6) is 0. The molecule has 1 aromatic carbocycles. The van der Waals surface area contributed by atoms with Crippen molar-refractivity contribution in [2.24, 2.45) is 0 Å². The van der Waals surface area contributed by atoms with E-state index in [0.29, 0.717) is 6.54 Å². The summed E-state index contributed by atoms with van der Waals surface area (Å²) in [6.07, 6.45) is 1.71. The molecule has 0 saturated carbocycles.